The van der Waals surface area contributed by atoms with Crippen LogP contribution in [0.4, 0.5) is 0 Å². The molecule has 2 aromatic heterocycles. The zero-order chi connectivity index (χ0) is 11.0. The quantitative estimate of drug-likeness (QED) is 0.937. The SMILES string of the molecule is Brc1ccc2nnc(CNC3CCC3)n2c1. The highest BCUT2D eigenvalue weighted by molar-refractivity contribution is 9.10. The summed E-state index contributed by atoms with van der Waals surface area (Å²) in [5.74, 6) is 0.975. The predicted octanol–water partition coefficient (Wildman–Crippen LogP) is 2.13. The highest BCUT2D eigenvalue weighted by Gasteiger charge is 2.17. The van der Waals surface area contributed by atoms with Crippen molar-refractivity contribution < 1.29 is 0 Å². The van der Waals surface area contributed by atoms with Gasteiger partial charge in [-0.3, -0.25) is 4.40 Å². The fourth-order valence-corrected chi connectivity index (χ4v) is 2.22. The molecule has 0 aliphatic heterocycles. The second-order valence-corrected chi connectivity index (χ2v) is 5.12. The van der Waals surface area contributed by atoms with E-state index in [0.29, 0.717) is 6.04 Å². The van der Waals surface area contributed by atoms with Gasteiger partial charge in [-0.2, -0.15) is 0 Å². The van der Waals surface area contributed by atoms with Crippen LogP contribution in [0.25, 0.3) is 5.65 Å². The molecular formula is C11H13BrN4. The van der Waals surface area contributed by atoms with Crippen molar-refractivity contribution in [3.8, 4) is 0 Å². The highest BCUT2D eigenvalue weighted by Crippen LogP contribution is 2.18. The number of hydrogen-bond donors (Lipinski definition) is 1. The van der Waals surface area contributed by atoms with Crippen molar-refractivity contribution in [3.05, 3.63) is 28.6 Å². The number of hydrogen-bond acceptors (Lipinski definition) is 3. The minimum absolute atomic E-state index is 0.680. The van der Waals surface area contributed by atoms with E-state index in [9.17, 15) is 0 Å². The molecule has 1 fully saturated rings. The molecule has 0 aromatic carbocycles. The first-order valence-electron chi connectivity index (χ1n) is 5.55. The number of fused-ring (bicyclic) bond motifs is 1. The third-order valence-electron chi connectivity index (χ3n) is 3.09. The Labute approximate surface area is 102 Å². The Hall–Kier alpha value is -0.940. The lowest BCUT2D eigenvalue weighted by molar-refractivity contribution is 0.335. The van der Waals surface area contributed by atoms with Gasteiger partial charge in [0.15, 0.2) is 11.5 Å². The summed E-state index contributed by atoms with van der Waals surface area (Å²) in [6.45, 7) is 0.794. The maximum atomic E-state index is 4.20. The fourth-order valence-electron chi connectivity index (χ4n) is 1.88. The van der Waals surface area contributed by atoms with Crippen molar-refractivity contribution in [1.29, 1.82) is 0 Å². The fraction of sp³-hybridized carbons (Fsp3) is 0.455. The van der Waals surface area contributed by atoms with E-state index in [1.807, 2.05) is 22.7 Å². The van der Waals surface area contributed by atoms with Crippen LogP contribution in [0.2, 0.25) is 0 Å². The minimum atomic E-state index is 0.680. The molecule has 1 saturated carbocycles. The molecule has 1 N–H and O–H groups in total. The first kappa shape index (κ1) is 10.2. The first-order chi connectivity index (χ1) is 7.83. The molecule has 0 atom stereocenters. The van der Waals surface area contributed by atoms with Gasteiger partial charge in [0, 0.05) is 16.7 Å². The van der Waals surface area contributed by atoms with E-state index in [-0.39, 0.29) is 0 Å². The lowest BCUT2D eigenvalue weighted by atomic mass is 9.93. The number of halogens is 1. The Morgan fingerprint density at radius 2 is 2.25 bits per heavy atom. The smallest absolute Gasteiger partial charge is 0.160 e. The Morgan fingerprint density at radius 3 is 3.00 bits per heavy atom. The Balaban J connectivity index is 1.82. The summed E-state index contributed by atoms with van der Waals surface area (Å²) in [4.78, 5) is 0. The lowest BCUT2D eigenvalue weighted by Crippen LogP contribution is -2.35. The van der Waals surface area contributed by atoms with E-state index >= 15 is 0 Å². The summed E-state index contributed by atoms with van der Waals surface area (Å²) in [5.41, 5.74) is 0.897. The van der Waals surface area contributed by atoms with Crippen LogP contribution in [0, 0.1) is 0 Å². The summed E-state index contributed by atoms with van der Waals surface area (Å²) in [6, 6.07) is 4.62. The molecule has 84 valence electrons. The van der Waals surface area contributed by atoms with E-state index in [4.69, 9.17) is 0 Å². The molecule has 4 nitrogen and oxygen atoms in total. The molecule has 0 radical (unpaired) electrons. The van der Waals surface area contributed by atoms with Crippen molar-refractivity contribution >= 4 is 21.6 Å². The second-order valence-electron chi connectivity index (χ2n) is 4.20. The summed E-state index contributed by atoms with van der Waals surface area (Å²) in [7, 11) is 0. The van der Waals surface area contributed by atoms with Crippen LogP contribution >= 0.6 is 15.9 Å². The molecule has 1 aliphatic rings. The van der Waals surface area contributed by atoms with E-state index in [2.05, 4.69) is 31.4 Å². The minimum Gasteiger partial charge on any atom is -0.307 e. The van der Waals surface area contributed by atoms with Gasteiger partial charge in [0.2, 0.25) is 0 Å². The summed E-state index contributed by atoms with van der Waals surface area (Å²) >= 11 is 3.46. The van der Waals surface area contributed by atoms with Crippen molar-refractivity contribution in [3.63, 3.8) is 0 Å². The van der Waals surface area contributed by atoms with Gasteiger partial charge in [0.25, 0.3) is 0 Å². The van der Waals surface area contributed by atoms with Gasteiger partial charge in [-0.15, -0.1) is 10.2 Å². The van der Waals surface area contributed by atoms with Gasteiger partial charge in [-0.25, -0.2) is 0 Å². The summed E-state index contributed by atoms with van der Waals surface area (Å²) in [5, 5.41) is 11.8. The molecule has 2 heterocycles. The zero-order valence-corrected chi connectivity index (χ0v) is 10.4. The molecule has 0 unspecified atom stereocenters. The summed E-state index contributed by atoms with van der Waals surface area (Å²) < 4.78 is 3.07. The molecule has 16 heavy (non-hydrogen) atoms. The number of aromatic nitrogens is 3. The topological polar surface area (TPSA) is 42.2 Å². The van der Waals surface area contributed by atoms with Crippen LogP contribution in [-0.4, -0.2) is 20.6 Å². The van der Waals surface area contributed by atoms with Crippen LogP contribution in [-0.2, 0) is 6.54 Å². The van der Waals surface area contributed by atoms with Crippen molar-refractivity contribution in [1.82, 2.24) is 19.9 Å². The third-order valence-corrected chi connectivity index (χ3v) is 3.56. The van der Waals surface area contributed by atoms with Crippen molar-refractivity contribution in [2.45, 2.75) is 31.8 Å². The van der Waals surface area contributed by atoms with Gasteiger partial charge in [0.05, 0.1) is 6.54 Å². The van der Waals surface area contributed by atoms with Gasteiger partial charge in [-0.05, 0) is 40.9 Å². The maximum absolute atomic E-state index is 4.20. The lowest BCUT2D eigenvalue weighted by Gasteiger charge is -2.26. The van der Waals surface area contributed by atoms with Crippen LogP contribution in [0.1, 0.15) is 25.1 Å². The van der Waals surface area contributed by atoms with E-state index in [1.54, 1.807) is 0 Å². The van der Waals surface area contributed by atoms with Gasteiger partial charge >= 0.3 is 0 Å². The Kier molecular flexibility index (Phi) is 2.65. The standard InChI is InChI=1S/C11H13BrN4/c12-8-4-5-10-14-15-11(16(10)7-8)6-13-9-2-1-3-9/h4-5,7,9,13H,1-3,6H2. The number of pyridine rings is 1. The average molecular weight is 281 g/mol. The van der Waals surface area contributed by atoms with Crippen LogP contribution in [0.3, 0.4) is 0 Å². The number of nitrogens with zero attached hydrogens (tertiary/aromatic N) is 3. The van der Waals surface area contributed by atoms with Gasteiger partial charge in [-0.1, -0.05) is 6.42 Å². The van der Waals surface area contributed by atoms with Crippen molar-refractivity contribution in [2.24, 2.45) is 0 Å². The molecule has 5 heteroatoms. The molecule has 0 saturated heterocycles. The first-order valence-corrected chi connectivity index (χ1v) is 6.35. The van der Waals surface area contributed by atoms with Crippen LogP contribution < -0.4 is 5.32 Å². The number of nitrogens with one attached hydrogen (secondary N) is 1. The highest BCUT2D eigenvalue weighted by atomic mass is 79.9. The zero-order valence-electron chi connectivity index (χ0n) is 8.86. The average Bonchev–Trinajstić information content (AvgIpc) is 2.59. The van der Waals surface area contributed by atoms with Gasteiger partial charge in [0.1, 0.15) is 0 Å². The van der Waals surface area contributed by atoms with Crippen molar-refractivity contribution in [2.75, 3.05) is 0 Å². The Morgan fingerprint density at radius 1 is 1.38 bits per heavy atom. The monoisotopic (exact) mass is 280 g/mol. The normalized spacial score (nSPS) is 16.6. The molecule has 1 aliphatic carbocycles. The molecule has 3 rings (SSSR count). The van der Waals surface area contributed by atoms with Crippen LogP contribution in [0.15, 0.2) is 22.8 Å². The van der Waals surface area contributed by atoms with E-state index < -0.39 is 0 Å². The third kappa shape index (κ3) is 1.85. The maximum Gasteiger partial charge on any atom is 0.160 e. The molecule has 0 bridgehead atoms. The van der Waals surface area contributed by atoms with Crippen LogP contribution in [0.5, 0.6) is 0 Å². The second kappa shape index (κ2) is 4.14. The van der Waals surface area contributed by atoms with E-state index in [1.165, 1.54) is 19.3 Å². The number of rotatable bonds is 3. The van der Waals surface area contributed by atoms with E-state index in [0.717, 1.165) is 22.5 Å². The molecular weight excluding hydrogens is 268 g/mol. The summed E-state index contributed by atoms with van der Waals surface area (Å²) in [6.07, 6.45) is 5.94. The molecule has 0 spiro atoms. The molecule has 2 aromatic rings. The molecule has 0 amide bonds. The Bertz CT molecular complexity index is 504. The largest absolute Gasteiger partial charge is 0.307 e. The predicted molar refractivity (Wildman–Crippen MR) is 65.2 cm³/mol. The van der Waals surface area contributed by atoms with Gasteiger partial charge < -0.3 is 5.32 Å².